The fraction of sp³-hybridized carbons (Fsp3) is 0.957. The summed E-state index contributed by atoms with van der Waals surface area (Å²) < 4.78 is 6.94. The summed E-state index contributed by atoms with van der Waals surface area (Å²) in [7, 11) is -1.85. The van der Waals surface area contributed by atoms with Gasteiger partial charge >= 0.3 is 0 Å². The van der Waals surface area contributed by atoms with Gasteiger partial charge in [0.1, 0.15) is 5.78 Å². The number of aliphatic hydroxyl groups is 1. The van der Waals surface area contributed by atoms with Crippen LogP contribution in [-0.4, -0.2) is 31.4 Å². The van der Waals surface area contributed by atoms with Crippen molar-refractivity contribution in [2.24, 2.45) is 28.1 Å². The van der Waals surface area contributed by atoms with E-state index in [1.807, 2.05) is 6.92 Å². The zero-order valence-corrected chi connectivity index (χ0v) is 20.1. The number of carbonyl (C=O) groups is 1. The van der Waals surface area contributed by atoms with Crippen molar-refractivity contribution in [3.05, 3.63) is 0 Å². The summed E-state index contributed by atoms with van der Waals surface area (Å²) in [4.78, 5) is 12.7. The molecule has 27 heavy (non-hydrogen) atoms. The number of rotatable bonds is 2. The second kappa shape index (κ2) is 6.15. The Morgan fingerprint density at radius 3 is 2.22 bits per heavy atom. The number of aliphatic hydroxyl groups excluding tert-OH is 1. The lowest BCUT2D eigenvalue weighted by atomic mass is 9.43. The fourth-order valence-electron chi connectivity index (χ4n) is 6.74. The van der Waals surface area contributed by atoms with Gasteiger partial charge in [-0.05, 0) is 73.4 Å². The van der Waals surface area contributed by atoms with Gasteiger partial charge in [0.2, 0.25) is 0 Å². The van der Waals surface area contributed by atoms with Crippen LogP contribution in [0.5, 0.6) is 0 Å². The molecule has 3 fully saturated rings. The number of hydrogen-bond donors (Lipinski definition) is 1. The predicted molar refractivity (Wildman–Crippen MR) is 113 cm³/mol. The first kappa shape index (κ1) is 21.5. The van der Waals surface area contributed by atoms with E-state index in [-0.39, 0.29) is 27.8 Å². The predicted octanol–water partition coefficient (Wildman–Crippen LogP) is 5.57. The molecule has 0 bridgehead atoms. The van der Waals surface area contributed by atoms with Crippen molar-refractivity contribution >= 4 is 14.1 Å². The van der Waals surface area contributed by atoms with Crippen LogP contribution in [0.2, 0.25) is 18.1 Å². The van der Waals surface area contributed by atoms with Crippen molar-refractivity contribution in [1.82, 2.24) is 0 Å². The monoisotopic (exact) mass is 394 g/mol. The van der Waals surface area contributed by atoms with Crippen molar-refractivity contribution < 1.29 is 14.3 Å². The van der Waals surface area contributed by atoms with E-state index >= 15 is 0 Å². The Morgan fingerprint density at radius 1 is 1.07 bits per heavy atom. The average molecular weight is 395 g/mol. The molecule has 0 aliphatic heterocycles. The summed E-state index contributed by atoms with van der Waals surface area (Å²) in [6, 6.07) is 0. The molecule has 3 aliphatic carbocycles. The third-order valence-corrected chi connectivity index (χ3v) is 14.1. The smallest absolute Gasteiger partial charge is 0.192 e. The highest BCUT2D eigenvalue weighted by Crippen LogP contribution is 2.68. The maximum atomic E-state index is 12.7. The molecule has 0 unspecified atom stereocenters. The number of Topliss-reactive ketones (excluding diaryl/α,β-unsaturated/α-hetero) is 1. The minimum absolute atomic E-state index is 0.0104. The summed E-state index contributed by atoms with van der Waals surface area (Å²) in [6.07, 6.45) is 4.24. The molecule has 0 saturated heterocycles. The van der Waals surface area contributed by atoms with Crippen molar-refractivity contribution in [1.29, 1.82) is 0 Å². The lowest BCUT2D eigenvalue weighted by Gasteiger charge is -2.64. The molecule has 156 valence electrons. The van der Waals surface area contributed by atoms with E-state index < -0.39 is 19.8 Å². The zero-order chi connectivity index (χ0) is 20.6. The standard InChI is InChI=1S/C23H42O3Si/c1-20(2,3)27(8,9)26-19-12-13-22(6)15-10-11-17(24)23(15,7)18(25)14-16(22)21(19,4)5/h15-16,18-19,25H,10-14H2,1-9H3/t15-,16+,18+,19+,22-,23-/m1/s1. The highest BCUT2D eigenvalue weighted by Gasteiger charge is 2.67. The molecule has 0 aromatic rings. The quantitative estimate of drug-likeness (QED) is 0.623. The van der Waals surface area contributed by atoms with Gasteiger partial charge in [0.25, 0.3) is 0 Å². The van der Waals surface area contributed by atoms with E-state index in [1.54, 1.807) is 0 Å². The maximum absolute atomic E-state index is 12.7. The molecule has 0 amide bonds. The molecular weight excluding hydrogens is 352 g/mol. The third-order valence-electron chi connectivity index (χ3n) is 9.64. The minimum Gasteiger partial charge on any atom is -0.413 e. The first-order chi connectivity index (χ1) is 12.1. The van der Waals surface area contributed by atoms with Crippen molar-refractivity contribution in [2.75, 3.05) is 0 Å². The summed E-state index contributed by atoms with van der Waals surface area (Å²) in [6.45, 7) is 20.8. The van der Waals surface area contributed by atoms with E-state index in [9.17, 15) is 9.90 Å². The summed E-state index contributed by atoms with van der Waals surface area (Å²) >= 11 is 0. The fourth-order valence-corrected chi connectivity index (χ4v) is 8.22. The van der Waals surface area contributed by atoms with Crippen LogP contribution in [0.1, 0.15) is 80.6 Å². The van der Waals surface area contributed by atoms with Gasteiger partial charge in [0.15, 0.2) is 8.32 Å². The van der Waals surface area contributed by atoms with Gasteiger partial charge in [0, 0.05) is 6.42 Å². The Kier molecular flexibility index (Phi) is 4.90. The highest BCUT2D eigenvalue weighted by atomic mass is 28.4. The zero-order valence-electron chi connectivity index (χ0n) is 19.1. The molecule has 3 aliphatic rings. The Labute approximate surface area is 167 Å². The SMILES string of the molecule is CC1(C)[C@@H](O[Si](C)(C)C(C)(C)C)CC[C@]2(C)[C@H]3CCC(=O)[C@]3(C)[C@@H](O)C[C@@H]12. The van der Waals surface area contributed by atoms with E-state index in [4.69, 9.17) is 4.43 Å². The van der Waals surface area contributed by atoms with Crippen LogP contribution in [0.3, 0.4) is 0 Å². The van der Waals surface area contributed by atoms with Crippen LogP contribution in [0.4, 0.5) is 0 Å². The molecule has 0 spiro atoms. The number of hydrogen-bond acceptors (Lipinski definition) is 3. The lowest BCUT2D eigenvalue weighted by molar-refractivity contribution is -0.196. The first-order valence-electron chi connectivity index (χ1n) is 11.0. The molecule has 0 radical (unpaired) electrons. The molecule has 0 heterocycles. The molecule has 0 aromatic heterocycles. The van der Waals surface area contributed by atoms with Gasteiger partial charge in [-0.3, -0.25) is 4.79 Å². The molecule has 3 nitrogen and oxygen atoms in total. The van der Waals surface area contributed by atoms with E-state index in [0.29, 0.717) is 18.3 Å². The van der Waals surface area contributed by atoms with Crippen LogP contribution in [-0.2, 0) is 9.22 Å². The molecule has 3 rings (SSSR count). The van der Waals surface area contributed by atoms with Crippen LogP contribution < -0.4 is 0 Å². The van der Waals surface area contributed by atoms with E-state index in [1.165, 1.54) is 0 Å². The van der Waals surface area contributed by atoms with Crippen LogP contribution in [0.15, 0.2) is 0 Å². The van der Waals surface area contributed by atoms with Gasteiger partial charge in [-0.2, -0.15) is 0 Å². The van der Waals surface area contributed by atoms with Gasteiger partial charge in [-0.25, -0.2) is 0 Å². The Bertz CT molecular complexity index is 620. The van der Waals surface area contributed by atoms with Gasteiger partial charge < -0.3 is 9.53 Å². The number of fused-ring (bicyclic) bond motifs is 3. The molecule has 0 aromatic carbocycles. The summed E-state index contributed by atoms with van der Waals surface area (Å²) in [5.41, 5.74) is -0.401. The molecule has 4 heteroatoms. The van der Waals surface area contributed by atoms with E-state index in [2.05, 4.69) is 54.6 Å². The number of carbonyl (C=O) groups excluding carboxylic acids is 1. The molecule has 1 N–H and O–H groups in total. The average Bonchev–Trinajstić information content (AvgIpc) is 2.83. The first-order valence-corrected chi connectivity index (χ1v) is 13.9. The van der Waals surface area contributed by atoms with Crippen LogP contribution in [0, 0.1) is 28.1 Å². The normalized spacial score (nSPS) is 44.7. The topological polar surface area (TPSA) is 46.5 Å². The third kappa shape index (κ3) is 2.92. The number of ketones is 1. The van der Waals surface area contributed by atoms with Gasteiger partial charge in [0.05, 0.1) is 17.6 Å². The highest BCUT2D eigenvalue weighted by molar-refractivity contribution is 6.74. The second-order valence-electron chi connectivity index (χ2n) is 12.3. The lowest BCUT2D eigenvalue weighted by Crippen LogP contribution is -2.63. The van der Waals surface area contributed by atoms with Crippen LogP contribution in [0.25, 0.3) is 0 Å². The second-order valence-corrected chi connectivity index (χ2v) is 17.1. The Balaban J connectivity index is 1.93. The molecule has 6 atom stereocenters. The van der Waals surface area contributed by atoms with Crippen molar-refractivity contribution in [3.8, 4) is 0 Å². The van der Waals surface area contributed by atoms with Gasteiger partial charge in [-0.15, -0.1) is 0 Å². The van der Waals surface area contributed by atoms with E-state index in [0.717, 1.165) is 25.7 Å². The van der Waals surface area contributed by atoms with Crippen molar-refractivity contribution in [2.45, 2.75) is 111 Å². The Morgan fingerprint density at radius 2 is 1.67 bits per heavy atom. The minimum atomic E-state index is -1.85. The Hall–Kier alpha value is -0.193. The van der Waals surface area contributed by atoms with Crippen molar-refractivity contribution in [3.63, 3.8) is 0 Å². The van der Waals surface area contributed by atoms with Gasteiger partial charge in [-0.1, -0.05) is 41.5 Å². The largest absolute Gasteiger partial charge is 0.413 e. The molecular formula is C23H42O3Si. The maximum Gasteiger partial charge on any atom is 0.192 e. The van der Waals surface area contributed by atoms with Crippen LogP contribution >= 0.6 is 0 Å². The summed E-state index contributed by atoms with van der Waals surface area (Å²) in [5, 5.41) is 11.3. The molecule has 3 saturated carbocycles. The summed E-state index contributed by atoms with van der Waals surface area (Å²) in [5.74, 6) is 0.990.